The zero-order valence-corrected chi connectivity index (χ0v) is 12.1. The molecule has 6 nitrogen and oxygen atoms in total. The second-order valence-electron chi connectivity index (χ2n) is 5.66. The fourth-order valence-corrected chi connectivity index (χ4v) is 3.06. The molecule has 2 N–H and O–H groups in total. The number of piperidine rings is 1. The second-order valence-corrected chi connectivity index (χ2v) is 5.66. The summed E-state index contributed by atoms with van der Waals surface area (Å²) < 4.78 is 1.65. The summed E-state index contributed by atoms with van der Waals surface area (Å²) in [4.78, 5) is 12.7. The van der Waals surface area contributed by atoms with Gasteiger partial charge in [-0.05, 0) is 43.6 Å². The first kappa shape index (κ1) is 13.2. The predicted molar refractivity (Wildman–Crippen MR) is 84.7 cm³/mol. The maximum atomic E-state index is 12.7. The van der Waals surface area contributed by atoms with Crippen LogP contribution in [0.15, 0.2) is 41.6 Å². The highest BCUT2D eigenvalue weighted by Crippen LogP contribution is 2.22. The molecule has 0 aliphatic carbocycles. The van der Waals surface area contributed by atoms with Crippen LogP contribution in [-0.4, -0.2) is 33.1 Å². The molecule has 2 aromatic heterocycles. The maximum Gasteiger partial charge on any atom is 0.274 e. The lowest BCUT2D eigenvalue weighted by molar-refractivity contribution is 0.333. The van der Waals surface area contributed by atoms with Gasteiger partial charge in [0.2, 0.25) is 0 Å². The molecule has 1 aliphatic rings. The first-order valence-corrected chi connectivity index (χ1v) is 7.54. The summed E-state index contributed by atoms with van der Waals surface area (Å²) in [6, 6.07) is 6.04. The van der Waals surface area contributed by atoms with Crippen LogP contribution in [0.4, 0.5) is 0 Å². The predicted octanol–water partition coefficient (Wildman–Crippen LogP) is 1.71. The van der Waals surface area contributed by atoms with E-state index in [1.807, 2.05) is 24.4 Å². The average molecular weight is 295 g/mol. The number of nitrogens with zero attached hydrogens (tertiary/aromatic N) is 3. The van der Waals surface area contributed by atoms with Crippen LogP contribution in [0.1, 0.15) is 18.9 Å². The Kier molecular flexibility index (Phi) is 3.23. The standard InChI is InChI=1S/C16H17N5O/c22-16-15-2-1-11(13-8-18-19-9-13)7-12(15)10-20-21(16)14-3-5-17-6-4-14/h1-2,7-10,14,17H,3-6H2,(H,18,19). The zero-order valence-electron chi connectivity index (χ0n) is 12.1. The van der Waals surface area contributed by atoms with Crippen LogP contribution in [-0.2, 0) is 0 Å². The van der Waals surface area contributed by atoms with Crippen molar-refractivity contribution in [1.82, 2.24) is 25.3 Å². The Morgan fingerprint density at radius 2 is 2.00 bits per heavy atom. The number of aromatic amines is 1. The third-order valence-electron chi connectivity index (χ3n) is 4.30. The SMILES string of the molecule is O=c1c2ccc(-c3cn[nH]c3)cc2cnn1C1CCNCC1. The monoisotopic (exact) mass is 295 g/mol. The van der Waals surface area contributed by atoms with E-state index in [0.717, 1.165) is 47.8 Å². The van der Waals surface area contributed by atoms with Crippen molar-refractivity contribution in [2.45, 2.75) is 18.9 Å². The van der Waals surface area contributed by atoms with E-state index in [1.165, 1.54) is 0 Å². The van der Waals surface area contributed by atoms with Crippen molar-refractivity contribution in [3.8, 4) is 11.1 Å². The van der Waals surface area contributed by atoms with E-state index in [4.69, 9.17) is 0 Å². The third kappa shape index (κ3) is 2.21. The van der Waals surface area contributed by atoms with E-state index in [0.29, 0.717) is 0 Å². The van der Waals surface area contributed by atoms with Crippen molar-refractivity contribution < 1.29 is 0 Å². The highest BCUT2D eigenvalue weighted by atomic mass is 16.1. The molecular formula is C16H17N5O. The molecule has 0 bridgehead atoms. The molecule has 1 aliphatic heterocycles. The van der Waals surface area contributed by atoms with Gasteiger partial charge in [0.15, 0.2) is 0 Å². The Labute approximate surface area is 127 Å². The number of hydrogen-bond acceptors (Lipinski definition) is 4. The Bertz CT molecular complexity index is 847. The molecule has 4 rings (SSSR count). The van der Waals surface area contributed by atoms with Gasteiger partial charge in [0.25, 0.3) is 5.56 Å². The molecule has 0 spiro atoms. The maximum absolute atomic E-state index is 12.7. The van der Waals surface area contributed by atoms with Crippen LogP contribution >= 0.6 is 0 Å². The molecule has 0 unspecified atom stereocenters. The smallest absolute Gasteiger partial charge is 0.274 e. The molecule has 1 fully saturated rings. The number of fused-ring (bicyclic) bond motifs is 1. The number of benzene rings is 1. The Balaban J connectivity index is 1.79. The van der Waals surface area contributed by atoms with Crippen molar-refractivity contribution in [2.24, 2.45) is 0 Å². The molecule has 0 atom stereocenters. The molecule has 3 aromatic rings. The summed E-state index contributed by atoms with van der Waals surface area (Å²) in [5.41, 5.74) is 2.04. The third-order valence-corrected chi connectivity index (χ3v) is 4.30. The van der Waals surface area contributed by atoms with Gasteiger partial charge >= 0.3 is 0 Å². The van der Waals surface area contributed by atoms with Crippen molar-refractivity contribution in [1.29, 1.82) is 0 Å². The average Bonchev–Trinajstić information content (AvgIpc) is 3.10. The van der Waals surface area contributed by atoms with E-state index in [1.54, 1.807) is 17.1 Å². The van der Waals surface area contributed by atoms with Gasteiger partial charge in [-0.15, -0.1) is 0 Å². The first-order valence-electron chi connectivity index (χ1n) is 7.54. The number of nitrogens with one attached hydrogen (secondary N) is 2. The van der Waals surface area contributed by atoms with E-state index in [2.05, 4.69) is 20.6 Å². The summed E-state index contributed by atoms with van der Waals surface area (Å²) >= 11 is 0. The van der Waals surface area contributed by atoms with E-state index >= 15 is 0 Å². The van der Waals surface area contributed by atoms with Crippen molar-refractivity contribution in [3.63, 3.8) is 0 Å². The Hall–Kier alpha value is -2.47. The lowest BCUT2D eigenvalue weighted by Crippen LogP contribution is -2.35. The minimum Gasteiger partial charge on any atom is -0.317 e. The van der Waals surface area contributed by atoms with Crippen LogP contribution < -0.4 is 10.9 Å². The van der Waals surface area contributed by atoms with E-state index < -0.39 is 0 Å². The fourth-order valence-electron chi connectivity index (χ4n) is 3.06. The fraction of sp³-hybridized carbons (Fsp3) is 0.312. The van der Waals surface area contributed by atoms with Gasteiger partial charge in [-0.3, -0.25) is 9.89 Å². The zero-order chi connectivity index (χ0) is 14.9. The number of rotatable bonds is 2. The lowest BCUT2D eigenvalue weighted by atomic mass is 10.0. The number of aromatic nitrogens is 4. The molecule has 1 saturated heterocycles. The van der Waals surface area contributed by atoms with Crippen LogP contribution in [0, 0.1) is 0 Å². The topological polar surface area (TPSA) is 75.6 Å². The minimum absolute atomic E-state index is 0.00291. The van der Waals surface area contributed by atoms with E-state index in [-0.39, 0.29) is 11.6 Å². The summed E-state index contributed by atoms with van der Waals surface area (Å²) in [7, 11) is 0. The summed E-state index contributed by atoms with van der Waals surface area (Å²) in [5, 5.41) is 16.1. The van der Waals surface area contributed by atoms with Gasteiger partial charge in [-0.2, -0.15) is 10.2 Å². The van der Waals surface area contributed by atoms with Crippen molar-refractivity contribution in [3.05, 3.63) is 47.1 Å². The first-order chi connectivity index (χ1) is 10.8. The summed E-state index contributed by atoms with van der Waals surface area (Å²) in [5.74, 6) is 0. The molecular weight excluding hydrogens is 278 g/mol. The second kappa shape index (κ2) is 5.38. The molecule has 0 saturated carbocycles. The summed E-state index contributed by atoms with van der Waals surface area (Å²) in [6.45, 7) is 1.88. The van der Waals surface area contributed by atoms with Gasteiger partial charge < -0.3 is 5.32 Å². The van der Waals surface area contributed by atoms with Crippen molar-refractivity contribution in [2.75, 3.05) is 13.1 Å². The molecule has 0 radical (unpaired) electrons. The largest absolute Gasteiger partial charge is 0.317 e. The van der Waals surface area contributed by atoms with Gasteiger partial charge in [0.05, 0.1) is 23.8 Å². The molecule has 1 aromatic carbocycles. The van der Waals surface area contributed by atoms with Gasteiger partial charge in [-0.1, -0.05) is 6.07 Å². The normalized spacial score (nSPS) is 16.2. The molecule has 6 heteroatoms. The number of H-pyrrole nitrogens is 1. The highest BCUT2D eigenvalue weighted by Gasteiger charge is 2.18. The van der Waals surface area contributed by atoms with Crippen LogP contribution in [0.5, 0.6) is 0 Å². The van der Waals surface area contributed by atoms with Gasteiger partial charge in [0.1, 0.15) is 0 Å². The molecule has 3 heterocycles. The van der Waals surface area contributed by atoms with Gasteiger partial charge in [-0.25, -0.2) is 4.68 Å². The molecule has 22 heavy (non-hydrogen) atoms. The lowest BCUT2D eigenvalue weighted by Gasteiger charge is -2.23. The Morgan fingerprint density at radius 1 is 1.14 bits per heavy atom. The quantitative estimate of drug-likeness (QED) is 0.754. The van der Waals surface area contributed by atoms with Crippen LogP contribution in [0.3, 0.4) is 0 Å². The van der Waals surface area contributed by atoms with Crippen LogP contribution in [0.25, 0.3) is 21.9 Å². The number of hydrogen-bond donors (Lipinski definition) is 2. The minimum atomic E-state index is 0.00291. The van der Waals surface area contributed by atoms with Gasteiger partial charge in [0, 0.05) is 17.1 Å². The van der Waals surface area contributed by atoms with E-state index in [9.17, 15) is 4.79 Å². The summed E-state index contributed by atoms with van der Waals surface area (Å²) in [6.07, 6.45) is 7.30. The van der Waals surface area contributed by atoms with Crippen LogP contribution in [0.2, 0.25) is 0 Å². The highest BCUT2D eigenvalue weighted by molar-refractivity contribution is 5.85. The molecule has 112 valence electrons. The molecule has 0 amide bonds. The Morgan fingerprint density at radius 3 is 2.77 bits per heavy atom. The van der Waals surface area contributed by atoms with Crippen molar-refractivity contribution >= 4 is 10.8 Å².